The van der Waals surface area contributed by atoms with Gasteiger partial charge in [0, 0.05) is 24.3 Å². The van der Waals surface area contributed by atoms with Gasteiger partial charge in [-0.05, 0) is 32.0 Å². The molecule has 0 saturated carbocycles. The van der Waals surface area contributed by atoms with E-state index in [-0.39, 0.29) is 11.6 Å². The van der Waals surface area contributed by atoms with Gasteiger partial charge in [0.05, 0.1) is 0 Å². The van der Waals surface area contributed by atoms with E-state index < -0.39 is 5.91 Å². The van der Waals surface area contributed by atoms with Crippen molar-refractivity contribution in [3.63, 3.8) is 0 Å². The van der Waals surface area contributed by atoms with E-state index in [2.05, 4.69) is 30.5 Å². The van der Waals surface area contributed by atoms with Crippen molar-refractivity contribution in [3.8, 4) is 5.82 Å². The SMILES string of the molecule is Cc1ccnc(NC(=O)c2ccc(-n3ccnc3C)nn2)n1. The molecule has 0 aromatic carbocycles. The molecule has 0 aliphatic rings. The quantitative estimate of drug-likeness (QED) is 0.782. The van der Waals surface area contributed by atoms with Crippen LogP contribution in [-0.4, -0.2) is 35.6 Å². The second-order valence-corrected chi connectivity index (χ2v) is 4.60. The summed E-state index contributed by atoms with van der Waals surface area (Å²) in [4.78, 5) is 24.3. The summed E-state index contributed by atoms with van der Waals surface area (Å²) in [6, 6.07) is 5.04. The summed E-state index contributed by atoms with van der Waals surface area (Å²) in [7, 11) is 0. The Balaban J connectivity index is 1.78. The lowest BCUT2D eigenvalue weighted by Gasteiger charge is -2.05. The minimum atomic E-state index is -0.410. The van der Waals surface area contributed by atoms with Crippen LogP contribution >= 0.6 is 0 Å². The number of carbonyl (C=O) groups excluding carboxylic acids is 1. The monoisotopic (exact) mass is 295 g/mol. The molecule has 0 radical (unpaired) electrons. The molecule has 3 aromatic rings. The Morgan fingerprint density at radius 1 is 1.09 bits per heavy atom. The Morgan fingerprint density at radius 3 is 2.59 bits per heavy atom. The second-order valence-electron chi connectivity index (χ2n) is 4.60. The highest BCUT2D eigenvalue weighted by Gasteiger charge is 2.11. The van der Waals surface area contributed by atoms with E-state index in [1.165, 1.54) is 0 Å². The minimum Gasteiger partial charge on any atom is -0.289 e. The van der Waals surface area contributed by atoms with Gasteiger partial charge in [-0.1, -0.05) is 0 Å². The number of nitrogens with zero attached hydrogens (tertiary/aromatic N) is 6. The van der Waals surface area contributed by atoms with Gasteiger partial charge in [-0.3, -0.25) is 14.7 Å². The van der Waals surface area contributed by atoms with E-state index >= 15 is 0 Å². The van der Waals surface area contributed by atoms with Crippen molar-refractivity contribution in [1.82, 2.24) is 29.7 Å². The molecule has 0 aliphatic carbocycles. The molecule has 0 unspecified atom stereocenters. The van der Waals surface area contributed by atoms with Crippen LogP contribution in [0.15, 0.2) is 36.8 Å². The molecule has 0 atom stereocenters. The van der Waals surface area contributed by atoms with Crippen LogP contribution in [0, 0.1) is 13.8 Å². The van der Waals surface area contributed by atoms with Crippen molar-refractivity contribution >= 4 is 11.9 Å². The van der Waals surface area contributed by atoms with Gasteiger partial charge in [0.2, 0.25) is 5.95 Å². The van der Waals surface area contributed by atoms with E-state index in [9.17, 15) is 4.79 Å². The fraction of sp³-hybridized carbons (Fsp3) is 0.143. The molecule has 0 fully saturated rings. The van der Waals surface area contributed by atoms with Crippen LogP contribution in [0.25, 0.3) is 5.82 Å². The minimum absolute atomic E-state index is 0.187. The molecular weight excluding hydrogens is 282 g/mol. The van der Waals surface area contributed by atoms with Crippen LogP contribution in [0.5, 0.6) is 0 Å². The number of hydrogen-bond acceptors (Lipinski definition) is 6. The summed E-state index contributed by atoms with van der Waals surface area (Å²) in [5, 5.41) is 10.5. The number of amides is 1. The van der Waals surface area contributed by atoms with Crippen molar-refractivity contribution < 1.29 is 4.79 Å². The first-order valence-corrected chi connectivity index (χ1v) is 6.58. The Labute approximate surface area is 126 Å². The Bertz CT molecular complexity index is 810. The van der Waals surface area contributed by atoms with E-state index in [1.54, 1.807) is 41.4 Å². The number of rotatable bonds is 3. The van der Waals surface area contributed by atoms with Gasteiger partial charge in [0.25, 0.3) is 5.91 Å². The normalized spacial score (nSPS) is 10.5. The highest BCUT2D eigenvalue weighted by atomic mass is 16.2. The summed E-state index contributed by atoms with van der Waals surface area (Å²) >= 11 is 0. The first-order chi connectivity index (χ1) is 10.6. The van der Waals surface area contributed by atoms with Crippen LogP contribution in [0.3, 0.4) is 0 Å². The number of aromatic nitrogens is 6. The predicted molar refractivity (Wildman–Crippen MR) is 78.6 cm³/mol. The lowest BCUT2D eigenvalue weighted by Crippen LogP contribution is -2.17. The van der Waals surface area contributed by atoms with Crippen LogP contribution in [0.2, 0.25) is 0 Å². The van der Waals surface area contributed by atoms with E-state index in [1.807, 2.05) is 13.8 Å². The van der Waals surface area contributed by atoms with Gasteiger partial charge in [0.1, 0.15) is 5.82 Å². The van der Waals surface area contributed by atoms with Crippen LogP contribution < -0.4 is 5.32 Å². The van der Waals surface area contributed by atoms with Gasteiger partial charge in [0.15, 0.2) is 11.5 Å². The van der Waals surface area contributed by atoms with Gasteiger partial charge in [-0.15, -0.1) is 10.2 Å². The molecule has 110 valence electrons. The van der Waals surface area contributed by atoms with Crippen LogP contribution in [0.4, 0.5) is 5.95 Å². The smallest absolute Gasteiger partial charge is 0.278 e. The largest absolute Gasteiger partial charge is 0.289 e. The number of anilines is 1. The molecule has 22 heavy (non-hydrogen) atoms. The highest BCUT2D eigenvalue weighted by Crippen LogP contribution is 2.07. The first kappa shape index (κ1) is 13.8. The van der Waals surface area contributed by atoms with E-state index in [4.69, 9.17) is 0 Å². The molecule has 3 rings (SSSR count). The van der Waals surface area contributed by atoms with Gasteiger partial charge in [-0.25, -0.2) is 15.0 Å². The lowest BCUT2D eigenvalue weighted by atomic mass is 10.3. The zero-order chi connectivity index (χ0) is 15.5. The van der Waals surface area contributed by atoms with Crippen LogP contribution in [-0.2, 0) is 0 Å². The maximum absolute atomic E-state index is 12.1. The maximum atomic E-state index is 12.1. The third kappa shape index (κ3) is 2.80. The maximum Gasteiger partial charge on any atom is 0.278 e. The van der Waals surface area contributed by atoms with Crippen molar-refractivity contribution in [2.45, 2.75) is 13.8 Å². The van der Waals surface area contributed by atoms with Gasteiger partial charge in [-0.2, -0.15) is 0 Å². The topological polar surface area (TPSA) is 98.5 Å². The van der Waals surface area contributed by atoms with Gasteiger partial charge >= 0.3 is 0 Å². The van der Waals surface area contributed by atoms with Crippen molar-refractivity contribution in [2.75, 3.05) is 5.32 Å². The molecular formula is C14H13N7O. The third-order valence-electron chi connectivity index (χ3n) is 2.98. The Morgan fingerprint density at radius 2 is 1.95 bits per heavy atom. The summed E-state index contributed by atoms with van der Waals surface area (Å²) in [6.45, 7) is 3.68. The number of aryl methyl sites for hydroxylation is 2. The van der Waals surface area contributed by atoms with Crippen LogP contribution in [0.1, 0.15) is 22.0 Å². The number of nitrogens with one attached hydrogen (secondary N) is 1. The first-order valence-electron chi connectivity index (χ1n) is 6.58. The summed E-state index contributed by atoms with van der Waals surface area (Å²) in [6.07, 6.45) is 5.03. The van der Waals surface area contributed by atoms with E-state index in [0.29, 0.717) is 5.82 Å². The van der Waals surface area contributed by atoms with Crippen molar-refractivity contribution in [3.05, 3.63) is 54.0 Å². The fourth-order valence-electron chi connectivity index (χ4n) is 1.87. The zero-order valence-corrected chi connectivity index (χ0v) is 12.1. The summed E-state index contributed by atoms with van der Waals surface area (Å²) < 4.78 is 1.78. The van der Waals surface area contributed by atoms with Crippen molar-refractivity contribution in [1.29, 1.82) is 0 Å². The highest BCUT2D eigenvalue weighted by molar-refractivity contribution is 6.01. The molecule has 8 nitrogen and oxygen atoms in total. The summed E-state index contributed by atoms with van der Waals surface area (Å²) in [5.74, 6) is 1.21. The molecule has 3 heterocycles. The van der Waals surface area contributed by atoms with E-state index in [0.717, 1.165) is 11.5 Å². The average Bonchev–Trinajstić information content (AvgIpc) is 2.93. The lowest BCUT2D eigenvalue weighted by molar-refractivity contribution is 0.102. The summed E-state index contributed by atoms with van der Waals surface area (Å²) in [5.41, 5.74) is 0.953. The Hall–Kier alpha value is -3.16. The zero-order valence-electron chi connectivity index (χ0n) is 12.1. The molecule has 0 spiro atoms. The number of carbonyl (C=O) groups is 1. The predicted octanol–water partition coefficient (Wildman–Crippen LogP) is 1.32. The molecule has 1 N–H and O–H groups in total. The number of imidazole rings is 1. The molecule has 8 heteroatoms. The van der Waals surface area contributed by atoms with Crippen molar-refractivity contribution in [2.24, 2.45) is 0 Å². The van der Waals surface area contributed by atoms with Gasteiger partial charge < -0.3 is 0 Å². The molecule has 0 bridgehead atoms. The average molecular weight is 295 g/mol. The molecule has 0 aliphatic heterocycles. The second kappa shape index (κ2) is 5.68. The fourth-order valence-corrected chi connectivity index (χ4v) is 1.87. The Kier molecular flexibility index (Phi) is 3.57. The molecule has 0 saturated heterocycles. The standard InChI is InChI=1S/C14H13N7O/c1-9-5-6-16-14(17-9)18-13(22)11-3-4-12(20-19-11)21-8-7-15-10(21)2/h3-8H,1-2H3,(H,16,17,18,22). The molecule has 3 aromatic heterocycles. The molecule has 1 amide bonds. The third-order valence-corrected chi connectivity index (χ3v) is 2.98. The number of hydrogen-bond donors (Lipinski definition) is 1.